The summed E-state index contributed by atoms with van der Waals surface area (Å²) in [4.78, 5) is 25.1. The van der Waals surface area contributed by atoms with Gasteiger partial charge in [0.15, 0.2) is 0 Å². The fraction of sp³-hybridized carbons (Fsp3) is 0.120. The van der Waals surface area contributed by atoms with Crippen LogP contribution in [0.5, 0.6) is 0 Å². The number of carbonyl (C=O) groups is 2. The van der Waals surface area contributed by atoms with Gasteiger partial charge >= 0.3 is 6.09 Å². The molecule has 0 radical (unpaired) electrons. The highest BCUT2D eigenvalue weighted by Crippen LogP contribution is 2.40. The molecule has 0 fully saturated rings. The molecule has 5 nitrogen and oxygen atoms in total. The van der Waals surface area contributed by atoms with Crippen molar-refractivity contribution in [2.45, 2.75) is 13.0 Å². The predicted octanol–water partition coefficient (Wildman–Crippen LogP) is 4.78. The fourth-order valence-electron chi connectivity index (χ4n) is 4.11. The molecule has 0 aliphatic carbocycles. The largest absolute Gasteiger partial charge is 0.445 e. The van der Waals surface area contributed by atoms with E-state index < -0.39 is 6.09 Å². The first-order valence-electron chi connectivity index (χ1n) is 9.95. The van der Waals surface area contributed by atoms with Crippen LogP contribution in [0.3, 0.4) is 0 Å². The Bertz CT molecular complexity index is 1260. The topological polar surface area (TPSA) is 60.3 Å². The van der Waals surface area contributed by atoms with Gasteiger partial charge in [0.1, 0.15) is 6.61 Å². The van der Waals surface area contributed by atoms with Gasteiger partial charge in [0.2, 0.25) is 0 Å². The number of carbonyl (C=O) groups excluding carboxylic acids is 2. The second-order valence-electron chi connectivity index (χ2n) is 7.27. The Labute approximate surface area is 173 Å². The molecule has 0 bridgehead atoms. The molecule has 30 heavy (non-hydrogen) atoms. The van der Waals surface area contributed by atoms with E-state index in [1.54, 1.807) is 4.57 Å². The SMILES string of the molecule is O=C(NCCc1c2n(c3ccccc13)C(=O)c1ccccc1-2)OCc1ccccc1. The van der Waals surface area contributed by atoms with Crippen molar-refractivity contribution in [2.24, 2.45) is 0 Å². The highest BCUT2D eigenvalue weighted by atomic mass is 16.5. The molecule has 0 unspecified atom stereocenters. The van der Waals surface area contributed by atoms with Crippen LogP contribution in [0.15, 0.2) is 78.9 Å². The number of hydrogen-bond acceptors (Lipinski definition) is 3. The standard InChI is InChI=1S/C25H20N2O3/c28-24-21-12-5-4-11-19(21)23-20(18-10-6-7-13-22(18)27(23)24)14-15-26-25(29)30-16-17-8-2-1-3-9-17/h1-13H,14-16H2,(H,26,29). The van der Waals surface area contributed by atoms with E-state index in [0.29, 0.717) is 13.0 Å². The van der Waals surface area contributed by atoms with Gasteiger partial charge in [0.25, 0.3) is 5.91 Å². The number of nitrogens with zero attached hydrogens (tertiary/aromatic N) is 1. The monoisotopic (exact) mass is 396 g/mol. The number of nitrogens with one attached hydrogen (secondary N) is 1. The number of aromatic nitrogens is 1. The number of fused-ring (bicyclic) bond motifs is 5. The van der Waals surface area contributed by atoms with Crippen LogP contribution in [-0.4, -0.2) is 23.1 Å². The molecule has 5 heteroatoms. The number of ether oxygens (including phenoxy) is 1. The van der Waals surface area contributed by atoms with Crippen LogP contribution in [0.25, 0.3) is 22.2 Å². The maximum atomic E-state index is 13.0. The zero-order valence-corrected chi connectivity index (χ0v) is 16.3. The molecule has 3 aromatic carbocycles. The predicted molar refractivity (Wildman–Crippen MR) is 115 cm³/mol. The molecule has 1 N–H and O–H groups in total. The van der Waals surface area contributed by atoms with Crippen molar-refractivity contribution in [1.29, 1.82) is 0 Å². The zero-order valence-electron chi connectivity index (χ0n) is 16.3. The van der Waals surface area contributed by atoms with Crippen LogP contribution in [0.4, 0.5) is 4.79 Å². The number of amides is 1. The summed E-state index contributed by atoms with van der Waals surface area (Å²) in [6.45, 7) is 0.657. The first kappa shape index (κ1) is 18.2. The summed E-state index contributed by atoms with van der Waals surface area (Å²) in [5.74, 6) is -0.00159. The summed E-state index contributed by atoms with van der Waals surface area (Å²) >= 11 is 0. The second-order valence-corrected chi connectivity index (χ2v) is 7.27. The van der Waals surface area contributed by atoms with Gasteiger partial charge in [0.05, 0.1) is 11.2 Å². The highest BCUT2D eigenvalue weighted by Gasteiger charge is 2.31. The molecule has 5 rings (SSSR count). The van der Waals surface area contributed by atoms with Crippen molar-refractivity contribution < 1.29 is 14.3 Å². The van der Waals surface area contributed by atoms with Crippen LogP contribution in [-0.2, 0) is 17.8 Å². The Hall–Kier alpha value is -3.86. The van der Waals surface area contributed by atoms with E-state index in [1.165, 1.54) is 0 Å². The first-order chi connectivity index (χ1) is 14.7. The van der Waals surface area contributed by atoms with Gasteiger partial charge in [-0.15, -0.1) is 0 Å². The zero-order chi connectivity index (χ0) is 20.5. The normalized spacial score (nSPS) is 11.9. The Morgan fingerprint density at radius 2 is 1.57 bits per heavy atom. The van der Waals surface area contributed by atoms with E-state index in [4.69, 9.17) is 4.74 Å². The number of hydrogen-bond donors (Lipinski definition) is 1. The van der Waals surface area contributed by atoms with Crippen LogP contribution >= 0.6 is 0 Å². The summed E-state index contributed by atoms with van der Waals surface area (Å²) in [6, 6.07) is 25.2. The molecule has 0 saturated heterocycles. The maximum absolute atomic E-state index is 13.0. The lowest BCUT2D eigenvalue weighted by atomic mass is 10.00. The molecule has 2 heterocycles. The van der Waals surface area contributed by atoms with E-state index in [-0.39, 0.29) is 12.5 Å². The minimum Gasteiger partial charge on any atom is -0.445 e. The first-order valence-corrected chi connectivity index (χ1v) is 9.95. The molecule has 148 valence electrons. The summed E-state index contributed by atoms with van der Waals surface area (Å²) in [5, 5.41) is 3.86. The van der Waals surface area contributed by atoms with Gasteiger partial charge in [0, 0.05) is 23.1 Å². The average molecular weight is 396 g/mol. The van der Waals surface area contributed by atoms with Crippen molar-refractivity contribution in [1.82, 2.24) is 9.88 Å². The average Bonchev–Trinajstić information content (AvgIpc) is 3.27. The maximum Gasteiger partial charge on any atom is 0.407 e. The van der Waals surface area contributed by atoms with Crippen molar-refractivity contribution in [3.05, 3.63) is 95.6 Å². The third-order valence-corrected chi connectivity index (χ3v) is 5.45. The van der Waals surface area contributed by atoms with Crippen LogP contribution in [0.1, 0.15) is 21.5 Å². The Balaban J connectivity index is 1.36. The lowest BCUT2D eigenvalue weighted by Gasteiger charge is -2.08. The molecule has 1 amide bonds. The van der Waals surface area contributed by atoms with Crippen molar-refractivity contribution in [2.75, 3.05) is 6.54 Å². The Kier molecular flexibility index (Phi) is 4.56. The number of rotatable bonds is 5. The van der Waals surface area contributed by atoms with Crippen LogP contribution < -0.4 is 5.32 Å². The highest BCUT2D eigenvalue weighted by molar-refractivity contribution is 6.15. The van der Waals surface area contributed by atoms with Gasteiger partial charge in [-0.05, 0) is 29.7 Å². The lowest BCUT2D eigenvalue weighted by Crippen LogP contribution is -2.26. The quantitative estimate of drug-likeness (QED) is 0.465. The molecular weight excluding hydrogens is 376 g/mol. The minimum atomic E-state index is -0.449. The van der Waals surface area contributed by atoms with Crippen LogP contribution in [0, 0.1) is 0 Å². The van der Waals surface area contributed by atoms with E-state index in [0.717, 1.165) is 38.9 Å². The van der Waals surface area contributed by atoms with Gasteiger partial charge in [-0.2, -0.15) is 0 Å². The van der Waals surface area contributed by atoms with Crippen molar-refractivity contribution in [3.63, 3.8) is 0 Å². The smallest absolute Gasteiger partial charge is 0.407 e. The molecule has 0 saturated carbocycles. The molecular formula is C25H20N2O3. The molecule has 0 atom stereocenters. The summed E-state index contributed by atoms with van der Waals surface area (Å²) < 4.78 is 7.09. The van der Waals surface area contributed by atoms with E-state index in [9.17, 15) is 9.59 Å². The number of alkyl carbamates (subject to hydrolysis) is 1. The van der Waals surface area contributed by atoms with E-state index in [2.05, 4.69) is 5.32 Å². The minimum absolute atomic E-state index is 0.00159. The summed E-state index contributed by atoms with van der Waals surface area (Å²) in [7, 11) is 0. The molecule has 1 aliphatic rings. The van der Waals surface area contributed by atoms with Crippen LogP contribution in [0.2, 0.25) is 0 Å². The third-order valence-electron chi connectivity index (χ3n) is 5.45. The van der Waals surface area contributed by atoms with Crippen molar-refractivity contribution >= 4 is 22.9 Å². The molecule has 1 aliphatic heterocycles. The molecule has 1 aromatic heterocycles. The summed E-state index contributed by atoms with van der Waals surface area (Å²) in [5.41, 5.74) is 5.49. The van der Waals surface area contributed by atoms with Gasteiger partial charge < -0.3 is 10.1 Å². The number of para-hydroxylation sites is 1. The Morgan fingerprint density at radius 3 is 2.40 bits per heavy atom. The third kappa shape index (κ3) is 3.05. The second kappa shape index (κ2) is 7.52. The fourth-order valence-corrected chi connectivity index (χ4v) is 4.11. The summed E-state index contributed by atoms with van der Waals surface area (Å²) in [6.07, 6.45) is 0.153. The number of benzene rings is 3. The molecule has 0 spiro atoms. The van der Waals surface area contributed by atoms with Gasteiger partial charge in [-0.3, -0.25) is 9.36 Å². The Morgan fingerprint density at radius 1 is 0.867 bits per heavy atom. The molecule has 4 aromatic rings. The van der Waals surface area contributed by atoms with Gasteiger partial charge in [-0.1, -0.05) is 66.7 Å². The lowest BCUT2D eigenvalue weighted by molar-refractivity contribution is 0.0973. The van der Waals surface area contributed by atoms with E-state index >= 15 is 0 Å². The van der Waals surface area contributed by atoms with Gasteiger partial charge in [-0.25, -0.2) is 4.79 Å². The van der Waals surface area contributed by atoms with E-state index in [1.807, 2.05) is 78.9 Å². The van der Waals surface area contributed by atoms with Crippen molar-refractivity contribution in [3.8, 4) is 11.3 Å².